The Hall–Kier alpha value is -2.01. The first-order chi connectivity index (χ1) is 9.15. The third-order valence-corrected chi connectivity index (χ3v) is 3.96. The van der Waals surface area contributed by atoms with Crippen molar-refractivity contribution in [1.82, 2.24) is 9.97 Å². The van der Waals surface area contributed by atoms with Crippen LogP contribution in [0.2, 0.25) is 0 Å². The zero-order valence-electron chi connectivity index (χ0n) is 10.7. The molecule has 3 rings (SSSR count). The van der Waals surface area contributed by atoms with Crippen molar-refractivity contribution in [3.05, 3.63) is 41.9 Å². The molecule has 0 aliphatic rings. The van der Waals surface area contributed by atoms with Gasteiger partial charge in [-0.3, -0.25) is 4.98 Å². The number of anilines is 1. The molecule has 0 bridgehead atoms. The van der Waals surface area contributed by atoms with E-state index in [0.717, 1.165) is 27.3 Å². The average molecular weight is 271 g/mol. The number of nitrogen functional groups attached to an aromatic ring is 1. The second-order valence-corrected chi connectivity index (χ2v) is 5.24. The van der Waals surface area contributed by atoms with E-state index >= 15 is 0 Å². The van der Waals surface area contributed by atoms with Crippen molar-refractivity contribution in [2.24, 2.45) is 0 Å². The summed E-state index contributed by atoms with van der Waals surface area (Å²) in [7, 11) is 0. The van der Waals surface area contributed by atoms with Gasteiger partial charge in [0.2, 0.25) is 0 Å². The molecule has 0 amide bonds. The number of hydrogen-bond acceptors (Lipinski definition) is 5. The first kappa shape index (κ1) is 12.0. The van der Waals surface area contributed by atoms with Crippen LogP contribution in [0.4, 0.5) is 5.69 Å². The summed E-state index contributed by atoms with van der Waals surface area (Å²) in [6.45, 7) is 3.83. The number of hydrogen-bond donors (Lipinski definition) is 1. The molecule has 2 aromatic heterocycles. The molecule has 96 valence electrons. The van der Waals surface area contributed by atoms with Gasteiger partial charge in [0.15, 0.2) is 0 Å². The van der Waals surface area contributed by atoms with Gasteiger partial charge in [-0.05, 0) is 31.7 Å². The molecular formula is C14H13N3OS. The molecule has 3 aromatic rings. The summed E-state index contributed by atoms with van der Waals surface area (Å²) in [6, 6.07) is 7.90. The molecule has 2 heterocycles. The third-order valence-electron chi connectivity index (χ3n) is 2.95. The summed E-state index contributed by atoms with van der Waals surface area (Å²) < 4.78 is 5.60. The molecule has 5 heteroatoms. The maximum absolute atomic E-state index is 6.03. The van der Waals surface area contributed by atoms with Gasteiger partial charge in [0.25, 0.3) is 5.22 Å². The van der Waals surface area contributed by atoms with Crippen LogP contribution < -0.4 is 5.73 Å². The fourth-order valence-electron chi connectivity index (χ4n) is 1.82. The van der Waals surface area contributed by atoms with E-state index in [1.54, 1.807) is 6.20 Å². The number of rotatable bonds is 2. The van der Waals surface area contributed by atoms with Gasteiger partial charge < -0.3 is 10.2 Å². The number of nitrogens with two attached hydrogens (primary N) is 1. The first-order valence-corrected chi connectivity index (χ1v) is 6.72. The molecule has 0 atom stereocenters. The van der Waals surface area contributed by atoms with Crippen LogP contribution >= 0.6 is 11.8 Å². The molecule has 1 aromatic carbocycles. The van der Waals surface area contributed by atoms with E-state index in [1.165, 1.54) is 11.8 Å². The second kappa shape index (κ2) is 4.59. The van der Waals surface area contributed by atoms with Gasteiger partial charge >= 0.3 is 0 Å². The molecule has 2 N–H and O–H groups in total. The molecule has 0 unspecified atom stereocenters. The normalized spacial score (nSPS) is 11.1. The van der Waals surface area contributed by atoms with Crippen molar-refractivity contribution in [3.63, 3.8) is 0 Å². The van der Waals surface area contributed by atoms with Crippen molar-refractivity contribution in [1.29, 1.82) is 0 Å². The molecule has 0 radical (unpaired) electrons. The lowest BCUT2D eigenvalue weighted by Crippen LogP contribution is -1.92. The van der Waals surface area contributed by atoms with Crippen LogP contribution in [0.3, 0.4) is 0 Å². The van der Waals surface area contributed by atoms with Gasteiger partial charge in [-0.25, -0.2) is 4.98 Å². The average Bonchev–Trinajstić information content (AvgIpc) is 2.72. The summed E-state index contributed by atoms with van der Waals surface area (Å²) >= 11 is 1.44. The smallest absolute Gasteiger partial charge is 0.261 e. The fourth-order valence-corrected chi connectivity index (χ4v) is 2.80. The summed E-state index contributed by atoms with van der Waals surface area (Å²) in [5.41, 5.74) is 8.48. The summed E-state index contributed by atoms with van der Waals surface area (Å²) in [6.07, 6.45) is 1.67. The number of aromatic nitrogens is 2. The van der Waals surface area contributed by atoms with Crippen molar-refractivity contribution in [3.8, 4) is 0 Å². The SMILES string of the molecule is Cc1nc(Sc2c(N)cnc3ccccc23)oc1C. The van der Waals surface area contributed by atoms with Crippen LogP contribution in [0.15, 0.2) is 45.0 Å². The summed E-state index contributed by atoms with van der Waals surface area (Å²) in [4.78, 5) is 9.63. The Morgan fingerprint density at radius 3 is 2.74 bits per heavy atom. The minimum absolute atomic E-state index is 0.609. The zero-order valence-corrected chi connectivity index (χ0v) is 11.5. The van der Waals surface area contributed by atoms with Crippen molar-refractivity contribution >= 4 is 28.4 Å². The number of para-hydroxylation sites is 1. The topological polar surface area (TPSA) is 64.9 Å². The monoisotopic (exact) mass is 271 g/mol. The maximum Gasteiger partial charge on any atom is 0.261 e. The molecule has 0 spiro atoms. The van der Waals surface area contributed by atoms with Crippen LogP contribution in [-0.2, 0) is 0 Å². The minimum Gasteiger partial charge on any atom is -0.436 e. The van der Waals surface area contributed by atoms with E-state index in [-0.39, 0.29) is 0 Å². The van der Waals surface area contributed by atoms with E-state index in [4.69, 9.17) is 10.2 Å². The third kappa shape index (κ3) is 2.17. The Bertz CT molecular complexity index is 732. The first-order valence-electron chi connectivity index (χ1n) is 5.90. The van der Waals surface area contributed by atoms with Crippen LogP contribution in [0.5, 0.6) is 0 Å². The van der Waals surface area contributed by atoms with Gasteiger partial charge in [0.05, 0.1) is 28.0 Å². The van der Waals surface area contributed by atoms with Crippen LogP contribution in [0, 0.1) is 13.8 Å². The number of oxazole rings is 1. The van der Waals surface area contributed by atoms with Gasteiger partial charge in [0.1, 0.15) is 5.76 Å². The molecule has 4 nitrogen and oxygen atoms in total. The molecular weight excluding hydrogens is 258 g/mol. The molecule has 0 saturated heterocycles. The number of pyridine rings is 1. The predicted molar refractivity (Wildman–Crippen MR) is 76.3 cm³/mol. The van der Waals surface area contributed by atoms with Gasteiger partial charge in [-0.1, -0.05) is 18.2 Å². The zero-order chi connectivity index (χ0) is 13.4. The van der Waals surface area contributed by atoms with Gasteiger partial charge in [0, 0.05) is 5.39 Å². The van der Waals surface area contributed by atoms with Crippen LogP contribution in [0.25, 0.3) is 10.9 Å². The summed E-state index contributed by atoms with van der Waals surface area (Å²) in [5, 5.41) is 1.62. The van der Waals surface area contributed by atoms with Crippen LogP contribution in [0.1, 0.15) is 11.5 Å². The Morgan fingerprint density at radius 2 is 2.00 bits per heavy atom. The quantitative estimate of drug-likeness (QED) is 0.771. The highest BCUT2D eigenvalue weighted by Gasteiger charge is 2.13. The second-order valence-electron chi connectivity index (χ2n) is 4.28. The molecule has 0 aliphatic heterocycles. The van der Waals surface area contributed by atoms with Gasteiger partial charge in [-0.2, -0.15) is 0 Å². The molecule has 0 aliphatic carbocycles. The lowest BCUT2D eigenvalue weighted by atomic mass is 10.2. The van der Waals surface area contributed by atoms with E-state index in [9.17, 15) is 0 Å². The minimum atomic E-state index is 0.609. The highest BCUT2D eigenvalue weighted by atomic mass is 32.2. The highest BCUT2D eigenvalue weighted by molar-refractivity contribution is 7.99. The van der Waals surface area contributed by atoms with E-state index in [0.29, 0.717) is 10.9 Å². The Morgan fingerprint density at radius 1 is 1.21 bits per heavy atom. The van der Waals surface area contributed by atoms with E-state index in [2.05, 4.69) is 9.97 Å². The number of aryl methyl sites for hydroxylation is 2. The van der Waals surface area contributed by atoms with Crippen molar-refractivity contribution < 1.29 is 4.42 Å². The lowest BCUT2D eigenvalue weighted by Gasteiger charge is -2.06. The Labute approximate surface area is 115 Å². The number of fused-ring (bicyclic) bond motifs is 1. The van der Waals surface area contributed by atoms with Crippen LogP contribution in [-0.4, -0.2) is 9.97 Å². The Balaban J connectivity index is 2.11. The summed E-state index contributed by atoms with van der Waals surface area (Å²) in [5.74, 6) is 0.833. The maximum atomic E-state index is 6.03. The highest BCUT2D eigenvalue weighted by Crippen LogP contribution is 2.36. The van der Waals surface area contributed by atoms with Gasteiger partial charge in [-0.15, -0.1) is 0 Å². The largest absolute Gasteiger partial charge is 0.436 e. The molecule has 0 fully saturated rings. The number of nitrogens with zero attached hydrogens (tertiary/aromatic N) is 2. The molecule has 19 heavy (non-hydrogen) atoms. The number of benzene rings is 1. The van der Waals surface area contributed by atoms with E-state index < -0.39 is 0 Å². The lowest BCUT2D eigenvalue weighted by molar-refractivity contribution is 0.431. The van der Waals surface area contributed by atoms with Crippen molar-refractivity contribution in [2.75, 3.05) is 5.73 Å². The standard InChI is InChI=1S/C14H13N3OS/c1-8-9(2)18-14(17-8)19-13-10-5-3-4-6-12(10)16-7-11(13)15/h3-7H,15H2,1-2H3. The van der Waals surface area contributed by atoms with E-state index in [1.807, 2.05) is 38.1 Å². The van der Waals surface area contributed by atoms with Crippen molar-refractivity contribution in [2.45, 2.75) is 24.0 Å². The predicted octanol–water partition coefficient (Wildman–Crippen LogP) is 3.57. The Kier molecular flexibility index (Phi) is 2.91. The molecule has 0 saturated carbocycles. The fraction of sp³-hybridized carbons (Fsp3) is 0.143.